The van der Waals surface area contributed by atoms with Crippen LogP contribution < -0.4 is 5.48 Å². The van der Waals surface area contributed by atoms with Gasteiger partial charge in [0.2, 0.25) is 0 Å². The zero-order chi connectivity index (χ0) is 18.0. The lowest BCUT2D eigenvalue weighted by Gasteiger charge is -2.26. The molecule has 24 heavy (non-hydrogen) atoms. The Labute approximate surface area is 141 Å². The maximum atomic E-state index is 12.0. The van der Waals surface area contributed by atoms with Crippen molar-refractivity contribution in [2.75, 3.05) is 6.26 Å². The van der Waals surface area contributed by atoms with Gasteiger partial charge < -0.3 is 4.84 Å². The van der Waals surface area contributed by atoms with E-state index in [0.29, 0.717) is 12.1 Å². The summed E-state index contributed by atoms with van der Waals surface area (Å²) in [6.07, 6.45) is 1.65. The van der Waals surface area contributed by atoms with Gasteiger partial charge in [0.1, 0.15) is 6.10 Å². The highest BCUT2D eigenvalue weighted by molar-refractivity contribution is 7.92. The molecule has 0 spiro atoms. The van der Waals surface area contributed by atoms with Crippen LogP contribution in [0.5, 0.6) is 0 Å². The minimum atomic E-state index is -3.76. The minimum Gasteiger partial charge on any atom is -0.392 e. The highest BCUT2D eigenvalue weighted by Crippen LogP contribution is 2.29. The quantitative estimate of drug-likeness (QED) is 0.594. The topological polar surface area (TPSA) is 105 Å². The summed E-state index contributed by atoms with van der Waals surface area (Å²) >= 11 is 0. The Morgan fingerprint density at radius 3 is 2.54 bits per heavy atom. The predicted octanol–water partition coefficient (Wildman–Crippen LogP) is 1.44. The molecule has 1 aromatic carbocycles. The Morgan fingerprint density at radius 1 is 1.42 bits per heavy atom. The van der Waals surface area contributed by atoms with Crippen LogP contribution in [-0.2, 0) is 25.9 Å². The van der Waals surface area contributed by atoms with Crippen LogP contribution in [0.4, 0.5) is 0 Å². The first-order chi connectivity index (χ1) is 11.2. The summed E-state index contributed by atoms with van der Waals surface area (Å²) in [4.78, 5) is 17.2. The van der Waals surface area contributed by atoms with Gasteiger partial charge in [-0.25, -0.2) is 13.9 Å². The molecule has 7 nitrogen and oxygen atoms in total. The number of oxime groups is 1. The second-order valence-corrected chi connectivity index (χ2v) is 8.61. The van der Waals surface area contributed by atoms with E-state index in [9.17, 15) is 13.2 Å². The lowest BCUT2D eigenvalue weighted by molar-refractivity contribution is -0.132. The Morgan fingerprint density at radius 2 is 2.04 bits per heavy atom. The molecule has 0 bridgehead atoms. The molecule has 1 aliphatic rings. The van der Waals surface area contributed by atoms with Crippen LogP contribution in [0.3, 0.4) is 0 Å². The first-order valence-corrected chi connectivity index (χ1v) is 9.56. The zero-order valence-corrected chi connectivity index (χ0v) is 14.8. The van der Waals surface area contributed by atoms with Gasteiger partial charge in [0, 0.05) is 19.1 Å². The smallest absolute Gasteiger partial charge is 0.264 e. The fourth-order valence-corrected chi connectivity index (χ4v) is 3.48. The van der Waals surface area contributed by atoms with E-state index in [0.717, 1.165) is 18.2 Å². The molecule has 132 valence electrons. The van der Waals surface area contributed by atoms with Crippen molar-refractivity contribution < 1.29 is 23.3 Å². The lowest BCUT2D eigenvalue weighted by Crippen LogP contribution is -2.51. The first-order valence-electron chi connectivity index (χ1n) is 7.67. The molecule has 2 unspecified atom stereocenters. The number of aryl methyl sites for hydroxylation is 1. The molecule has 0 fully saturated rings. The van der Waals surface area contributed by atoms with Crippen molar-refractivity contribution in [1.82, 2.24) is 5.48 Å². The molecule has 1 aliphatic heterocycles. The molecule has 0 saturated heterocycles. The number of hydrogen-bond donors (Lipinski definition) is 2. The van der Waals surface area contributed by atoms with Crippen molar-refractivity contribution in [3.8, 4) is 0 Å². The summed E-state index contributed by atoms with van der Waals surface area (Å²) < 4.78 is 22.2. The van der Waals surface area contributed by atoms with Gasteiger partial charge in [0.25, 0.3) is 5.91 Å². The summed E-state index contributed by atoms with van der Waals surface area (Å²) in [6.45, 7) is 3.34. The molecule has 2 atom stereocenters. The number of hydrogen-bond acceptors (Lipinski definition) is 6. The average molecular weight is 354 g/mol. The van der Waals surface area contributed by atoms with Crippen LogP contribution >= 0.6 is 0 Å². The van der Waals surface area contributed by atoms with Crippen LogP contribution in [-0.4, -0.2) is 42.4 Å². The van der Waals surface area contributed by atoms with Gasteiger partial charge >= 0.3 is 0 Å². The molecule has 2 N–H and O–H groups in total. The van der Waals surface area contributed by atoms with Crippen molar-refractivity contribution in [3.63, 3.8) is 0 Å². The molecule has 1 aromatic rings. The summed E-state index contributed by atoms with van der Waals surface area (Å²) in [5.74, 6) is -0.977. The summed E-state index contributed by atoms with van der Waals surface area (Å²) in [7, 11) is -3.76. The maximum absolute atomic E-state index is 12.0. The molecule has 2 rings (SSSR count). The van der Waals surface area contributed by atoms with Crippen molar-refractivity contribution in [2.45, 2.75) is 44.0 Å². The Bertz CT molecular complexity index is 742. The molecular formula is C16H22N2O5S. The van der Waals surface area contributed by atoms with E-state index in [1.165, 1.54) is 18.0 Å². The lowest BCUT2D eigenvalue weighted by atomic mass is 9.96. The van der Waals surface area contributed by atoms with E-state index in [4.69, 9.17) is 10.0 Å². The van der Waals surface area contributed by atoms with Crippen LogP contribution in [0.1, 0.15) is 37.8 Å². The zero-order valence-electron chi connectivity index (χ0n) is 13.9. The van der Waals surface area contributed by atoms with Crippen molar-refractivity contribution in [2.24, 2.45) is 5.16 Å². The summed E-state index contributed by atoms with van der Waals surface area (Å²) in [6, 6.07) is 7.90. The summed E-state index contributed by atoms with van der Waals surface area (Å²) in [5, 5.41) is 12.9. The van der Waals surface area contributed by atoms with Crippen molar-refractivity contribution in [3.05, 3.63) is 35.4 Å². The maximum Gasteiger partial charge on any atom is 0.264 e. The highest BCUT2D eigenvalue weighted by atomic mass is 32.2. The number of carbonyl (C=O) groups excluding carboxylic acids is 1. The third-order valence-corrected chi connectivity index (χ3v) is 6.43. The van der Waals surface area contributed by atoms with Crippen molar-refractivity contribution >= 4 is 21.5 Å². The second-order valence-electron chi connectivity index (χ2n) is 6.17. The number of carbonyl (C=O) groups is 1. The largest absolute Gasteiger partial charge is 0.392 e. The summed E-state index contributed by atoms with van der Waals surface area (Å²) in [5.41, 5.74) is 4.25. The minimum absolute atomic E-state index is 0.0989. The fraction of sp³-hybridized carbons (Fsp3) is 0.500. The molecule has 0 aromatic heterocycles. The van der Waals surface area contributed by atoms with Gasteiger partial charge in [-0.15, -0.1) is 0 Å². The fourth-order valence-electron chi connectivity index (χ4n) is 2.61. The van der Waals surface area contributed by atoms with Crippen LogP contribution in [0.15, 0.2) is 29.4 Å². The van der Waals surface area contributed by atoms with Crippen LogP contribution in [0.2, 0.25) is 0 Å². The number of nitrogens with one attached hydrogen (secondary N) is 1. The number of hydroxylamine groups is 1. The molecular weight excluding hydrogens is 332 g/mol. The second kappa shape index (κ2) is 6.90. The van der Waals surface area contributed by atoms with Crippen LogP contribution in [0.25, 0.3) is 0 Å². The molecule has 0 radical (unpaired) electrons. The monoisotopic (exact) mass is 354 g/mol. The third-order valence-electron chi connectivity index (χ3n) is 4.45. The van der Waals surface area contributed by atoms with Gasteiger partial charge in [0.05, 0.1) is 5.71 Å². The first kappa shape index (κ1) is 18.4. The Balaban J connectivity index is 2.12. The Hall–Kier alpha value is -1.93. The number of rotatable bonds is 6. The SMILES string of the molecule is CCc1ccc(C2=NOC(CC(C)(C(=O)NO)S(C)(=O)=O)C2)cc1. The van der Waals surface area contributed by atoms with Crippen molar-refractivity contribution in [1.29, 1.82) is 0 Å². The number of sulfone groups is 1. The van der Waals surface area contributed by atoms with Gasteiger partial charge in [-0.2, -0.15) is 0 Å². The van der Waals surface area contributed by atoms with E-state index in [1.54, 1.807) is 0 Å². The van der Waals surface area contributed by atoms with Gasteiger partial charge in [-0.3, -0.25) is 10.0 Å². The molecule has 1 heterocycles. The predicted molar refractivity (Wildman–Crippen MR) is 89.6 cm³/mol. The van der Waals surface area contributed by atoms with Crippen LogP contribution in [0, 0.1) is 0 Å². The van der Waals surface area contributed by atoms with Gasteiger partial charge in [-0.1, -0.05) is 36.3 Å². The van der Waals surface area contributed by atoms with E-state index >= 15 is 0 Å². The molecule has 8 heteroatoms. The van der Waals surface area contributed by atoms with E-state index in [2.05, 4.69) is 12.1 Å². The highest BCUT2D eigenvalue weighted by Gasteiger charge is 2.47. The third kappa shape index (κ3) is 3.59. The van der Waals surface area contributed by atoms with E-state index < -0.39 is 26.6 Å². The number of amides is 1. The number of benzene rings is 1. The van der Waals surface area contributed by atoms with Gasteiger partial charge in [0.15, 0.2) is 14.6 Å². The van der Waals surface area contributed by atoms with E-state index in [1.807, 2.05) is 24.3 Å². The molecule has 0 aliphatic carbocycles. The standard InChI is InChI=1S/C16H22N2O5S/c1-4-11-5-7-12(8-6-11)14-9-13(23-18-14)10-16(2,15(19)17-20)24(3,21)22/h5-8,13,20H,4,9-10H2,1-3H3,(H,17,19). The Kier molecular flexibility index (Phi) is 5.29. The normalized spacial score (nSPS) is 20.0. The molecule has 0 saturated carbocycles. The van der Waals surface area contributed by atoms with Gasteiger partial charge in [-0.05, 0) is 24.5 Å². The molecule has 1 amide bonds. The average Bonchev–Trinajstić information content (AvgIpc) is 3.01. The number of nitrogens with zero attached hydrogens (tertiary/aromatic N) is 1. The van der Waals surface area contributed by atoms with E-state index in [-0.39, 0.29) is 6.42 Å².